The van der Waals surface area contributed by atoms with Crippen LogP contribution < -0.4 is 10.1 Å². The molecular formula is C21H17F3N6O4. The number of aliphatic hydroxyl groups is 2. The molecule has 0 saturated heterocycles. The van der Waals surface area contributed by atoms with Crippen molar-refractivity contribution in [3.05, 3.63) is 66.2 Å². The average Bonchev–Trinajstić information content (AvgIpc) is 3.18. The lowest BCUT2D eigenvalue weighted by Gasteiger charge is -2.13. The third-order valence-electron chi connectivity index (χ3n) is 4.60. The van der Waals surface area contributed by atoms with Crippen LogP contribution in [0.25, 0.3) is 16.9 Å². The van der Waals surface area contributed by atoms with Gasteiger partial charge in [0.2, 0.25) is 0 Å². The van der Waals surface area contributed by atoms with Crippen molar-refractivity contribution >= 4 is 17.4 Å². The highest BCUT2D eigenvalue weighted by Gasteiger charge is 2.34. The fraction of sp³-hybridized carbons (Fsp3) is 0.190. The summed E-state index contributed by atoms with van der Waals surface area (Å²) in [5.41, 5.74) is -0.979. The van der Waals surface area contributed by atoms with E-state index in [-0.39, 0.29) is 40.9 Å². The Bertz CT molecular complexity index is 1310. The molecule has 0 unspecified atom stereocenters. The monoisotopic (exact) mass is 474 g/mol. The maximum Gasteiger partial charge on any atom is 0.417 e. The Kier molecular flexibility index (Phi) is 6.38. The van der Waals surface area contributed by atoms with E-state index < -0.39 is 30.4 Å². The quantitative estimate of drug-likeness (QED) is 0.371. The molecule has 0 radical (unpaired) electrons. The first-order chi connectivity index (χ1) is 16.3. The van der Waals surface area contributed by atoms with Crippen molar-refractivity contribution in [3.8, 4) is 17.1 Å². The summed E-state index contributed by atoms with van der Waals surface area (Å²) in [6.07, 6.45) is -1.94. The molecule has 13 heteroatoms. The summed E-state index contributed by atoms with van der Waals surface area (Å²) < 4.78 is 47.1. The van der Waals surface area contributed by atoms with Crippen molar-refractivity contribution in [1.82, 2.24) is 24.6 Å². The van der Waals surface area contributed by atoms with Crippen molar-refractivity contribution in [2.24, 2.45) is 0 Å². The number of halogens is 3. The predicted molar refractivity (Wildman–Crippen MR) is 112 cm³/mol. The fourth-order valence-electron chi connectivity index (χ4n) is 3.03. The summed E-state index contributed by atoms with van der Waals surface area (Å²) in [4.78, 5) is 24.6. The van der Waals surface area contributed by atoms with Crippen LogP contribution in [0.4, 0.5) is 19.0 Å². The van der Waals surface area contributed by atoms with E-state index >= 15 is 0 Å². The molecule has 0 saturated carbocycles. The number of aliphatic hydroxyl groups excluding tert-OH is 2. The van der Waals surface area contributed by atoms with E-state index in [4.69, 9.17) is 9.84 Å². The number of fused-ring (bicyclic) bond motifs is 1. The Morgan fingerprint density at radius 2 is 1.97 bits per heavy atom. The summed E-state index contributed by atoms with van der Waals surface area (Å²) in [7, 11) is 0. The third-order valence-corrected chi connectivity index (χ3v) is 4.60. The first kappa shape index (κ1) is 23.1. The summed E-state index contributed by atoms with van der Waals surface area (Å²) in [5.74, 6) is -0.981. The molecule has 1 amide bonds. The van der Waals surface area contributed by atoms with E-state index in [1.165, 1.54) is 48.9 Å². The van der Waals surface area contributed by atoms with Crippen LogP contribution in [0.1, 0.15) is 16.1 Å². The van der Waals surface area contributed by atoms with E-state index in [9.17, 15) is 23.1 Å². The normalized spacial score (nSPS) is 12.5. The largest absolute Gasteiger partial charge is 0.472 e. The van der Waals surface area contributed by atoms with Gasteiger partial charge >= 0.3 is 6.18 Å². The van der Waals surface area contributed by atoms with Crippen molar-refractivity contribution in [2.45, 2.75) is 12.3 Å². The Morgan fingerprint density at radius 3 is 2.68 bits per heavy atom. The maximum absolute atomic E-state index is 13.5. The fourth-order valence-corrected chi connectivity index (χ4v) is 3.03. The summed E-state index contributed by atoms with van der Waals surface area (Å²) in [5, 5.41) is 25.4. The number of rotatable bonds is 7. The number of anilines is 1. The number of hydrogen-bond acceptors (Lipinski definition) is 8. The van der Waals surface area contributed by atoms with E-state index in [0.29, 0.717) is 0 Å². The van der Waals surface area contributed by atoms with Crippen molar-refractivity contribution < 1.29 is 32.9 Å². The molecule has 0 aliphatic heterocycles. The standard InChI is InChI=1S/C21H17F3N6O4/c22-21(23,24)14-4-2-1-3-13(14)15-5-6-17-27-20(34-11-12(32)10-31)18(30(17)29-15)28-19(33)16-9-25-7-8-26-16/h1-9,12,31-32H,10-11H2,(H,28,33)/t12-/m0/s1. The molecule has 3 heterocycles. The number of imidazole rings is 1. The number of amides is 1. The first-order valence-electron chi connectivity index (χ1n) is 9.83. The van der Waals surface area contributed by atoms with Gasteiger partial charge in [0.25, 0.3) is 11.8 Å². The van der Waals surface area contributed by atoms with Crippen molar-refractivity contribution in [3.63, 3.8) is 0 Å². The predicted octanol–water partition coefficient (Wildman–Crippen LogP) is 2.19. The zero-order valence-corrected chi connectivity index (χ0v) is 17.3. The Hall–Kier alpha value is -4.10. The first-order valence-corrected chi connectivity index (χ1v) is 9.83. The van der Waals surface area contributed by atoms with Crippen molar-refractivity contribution in [1.29, 1.82) is 0 Å². The minimum Gasteiger partial charge on any atom is -0.472 e. The van der Waals surface area contributed by atoms with Crippen LogP contribution in [0.5, 0.6) is 5.88 Å². The molecule has 0 aliphatic carbocycles. The molecule has 3 aromatic heterocycles. The minimum atomic E-state index is -4.61. The molecule has 0 fully saturated rings. The maximum atomic E-state index is 13.5. The van der Waals surface area contributed by atoms with Gasteiger partial charge in [0.15, 0.2) is 11.5 Å². The van der Waals surface area contributed by atoms with Gasteiger partial charge in [-0.1, -0.05) is 18.2 Å². The van der Waals surface area contributed by atoms with Gasteiger partial charge < -0.3 is 20.3 Å². The van der Waals surface area contributed by atoms with Crippen LogP contribution in [-0.4, -0.2) is 60.0 Å². The highest BCUT2D eigenvalue weighted by atomic mass is 19.4. The minimum absolute atomic E-state index is 0.0326. The Balaban J connectivity index is 1.81. The van der Waals surface area contributed by atoms with Crippen LogP contribution >= 0.6 is 0 Å². The van der Waals surface area contributed by atoms with Gasteiger partial charge in [-0.2, -0.15) is 27.8 Å². The zero-order chi connectivity index (χ0) is 24.3. The second-order valence-corrected chi connectivity index (χ2v) is 6.99. The molecule has 0 spiro atoms. The average molecular weight is 474 g/mol. The number of aromatic nitrogens is 5. The lowest BCUT2D eigenvalue weighted by molar-refractivity contribution is -0.137. The highest BCUT2D eigenvalue weighted by molar-refractivity contribution is 6.03. The molecule has 4 rings (SSSR count). The number of benzene rings is 1. The van der Waals surface area contributed by atoms with Gasteiger partial charge in [0.1, 0.15) is 18.4 Å². The zero-order valence-electron chi connectivity index (χ0n) is 17.3. The van der Waals surface area contributed by atoms with E-state index in [1.54, 1.807) is 0 Å². The van der Waals surface area contributed by atoms with Crippen LogP contribution in [0.2, 0.25) is 0 Å². The summed E-state index contributed by atoms with van der Waals surface area (Å²) in [6.45, 7) is -0.941. The van der Waals surface area contributed by atoms with Crippen LogP contribution in [0, 0.1) is 0 Å². The lowest BCUT2D eigenvalue weighted by Crippen LogP contribution is -2.22. The Labute approximate surface area is 189 Å². The summed E-state index contributed by atoms with van der Waals surface area (Å²) >= 11 is 0. The van der Waals surface area contributed by atoms with Crippen molar-refractivity contribution in [2.75, 3.05) is 18.5 Å². The number of nitrogens with one attached hydrogen (secondary N) is 1. The molecule has 0 bridgehead atoms. The SMILES string of the molecule is O=C(Nc1c(OC[C@@H](O)CO)nc2ccc(-c3ccccc3C(F)(F)F)nn12)c1cnccn1. The number of alkyl halides is 3. The Morgan fingerprint density at radius 1 is 1.18 bits per heavy atom. The molecule has 1 aromatic carbocycles. The molecule has 4 aromatic rings. The molecule has 3 N–H and O–H groups in total. The van der Waals surface area contributed by atoms with Gasteiger partial charge in [0, 0.05) is 18.0 Å². The second-order valence-electron chi connectivity index (χ2n) is 6.99. The number of carbonyl (C=O) groups excluding carboxylic acids is 1. The van der Waals surface area contributed by atoms with Gasteiger partial charge in [-0.05, 0) is 18.2 Å². The number of ether oxygens (including phenoxy) is 1. The van der Waals surface area contributed by atoms with Crippen LogP contribution in [0.3, 0.4) is 0 Å². The molecule has 176 valence electrons. The second kappa shape index (κ2) is 9.41. The molecule has 10 nitrogen and oxygen atoms in total. The smallest absolute Gasteiger partial charge is 0.417 e. The summed E-state index contributed by atoms with van der Waals surface area (Å²) in [6, 6.07) is 7.70. The molecule has 1 atom stereocenters. The molecule has 34 heavy (non-hydrogen) atoms. The number of carbonyl (C=O) groups is 1. The highest BCUT2D eigenvalue weighted by Crippen LogP contribution is 2.36. The molecular weight excluding hydrogens is 457 g/mol. The third kappa shape index (κ3) is 4.79. The molecule has 0 aliphatic rings. The van der Waals surface area contributed by atoms with Crippen LogP contribution in [0.15, 0.2) is 55.0 Å². The van der Waals surface area contributed by atoms with Gasteiger partial charge in [-0.15, -0.1) is 0 Å². The van der Waals surface area contributed by atoms with Gasteiger partial charge in [-0.3, -0.25) is 9.78 Å². The van der Waals surface area contributed by atoms with E-state index in [0.717, 1.165) is 10.6 Å². The van der Waals surface area contributed by atoms with Gasteiger partial charge in [-0.25, -0.2) is 4.98 Å². The number of hydrogen-bond donors (Lipinski definition) is 3. The van der Waals surface area contributed by atoms with E-state index in [1.807, 2.05) is 0 Å². The van der Waals surface area contributed by atoms with Gasteiger partial charge in [0.05, 0.1) is 24.1 Å². The van der Waals surface area contributed by atoms with E-state index in [2.05, 4.69) is 25.4 Å². The lowest BCUT2D eigenvalue weighted by atomic mass is 10.0. The topological polar surface area (TPSA) is 135 Å². The van der Waals surface area contributed by atoms with Crippen LogP contribution in [-0.2, 0) is 6.18 Å². The number of nitrogens with zero attached hydrogens (tertiary/aromatic N) is 5.